The lowest BCUT2D eigenvalue weighted by atomic mass is 9.33. The molecule has 1 aromatic heterocycles. The summed E-state index contributed by atoms with van der Waals surface area (Å²) in [5, 5.41) is 2.33. The Bertz CT molecular complexity index is 3210. The van der Waals surface area contributed by atoms with Crippen LogP contribution < -0.4 is 26.2 Å². The van der Waals surface area contributed by atoms with Gasteiger partial charge in [0.15, 0.2) is 5.58 Å². The third-order valence-corrected chi connectivity index (χ3v) is 17.1. The van der Waals surface area contributed by atoms with E-state index in [1.54, 1.807) is 0 Å². The minimum atomic E-state index is -0.131. The third kappa shape index (κ3) is 6.21. The first-order valence-electron chi connectivity index (χ1n) is 25.0. The quantitative estimate of drug-likeness (QED) is 0.161. The molecule has 66 heavy (non-hydrogen) atoms. The molecule has 0 bridgehead atoms. The molecule has 7 aromatic rings. The van der Waals surface area contributed by atoms with Crippen LogP contribution in [0, 0.1) is 13.8 Å². The van der Waals surface area contributed by atoms with E-state index in [2.05, 4.69) is 212 Å². The van der Waals surface area contributed by atoms with Gasteiger partial charge in [-0.25, -0.2) is 0 Å². The molecular weight excluding hydrogens is 800 g/mol. The normalized spacial score (nSPS) is 18.8. The molecule has 0 amide bonds. The molecule has 0 atom stereocenters. The Hall–Kier alpha value is -5.22. The predicted molar refractivity (Wildman–Crippen MR) is 285 cm³/mol. The Morgan fingerprint density at radius 2 is 1.00 bits per heavy atom. The van der Waals surface area contributed by atoms with E-state index in [1.807, 2.05) is 0 Å². The van der Waals surface area contributed by atoms with Gasteiger partial charge in [0.2, 0.25) is 0 Å². The van der Waals surface area contributed by atoms with Crippen LogP contribution in [0.25, 0.3) is 21.9 Å². The summed E-state index contributed by atoms with van der Waals surface area (Å²) in [7, 11) is 0. The number of furan rings is 1. The molecule has 0 N–H and O–H groups in total. The molecule has 2 aliphatic heterocycles. The lowest BCUT2D eigenvalue weighted by Crippen LogP contribution is -2.62. The maximum absolute atomic E-state index is 7.21. The highest BCUT2D eigenvalue weighted by Crippen LogP contribution is 2.55. The molecule has 4 aliphatic rings. The smallest absolute Gasteiger partial charge is 0.252 e. The van der Waals surface area contributed by atoms with Crippen molar-refractivity contribution in [3.05, 3.63) is 136 Å². The van der Waals surface area contributed by atoms with Crippen molar-refractivity contribution >= 4 is 79.2 Å². The van der Waals surface area contributed by atoms with E-state index in [-0.39, 0.29) is 39.2 Å². The zero-order valence-electron chi connectivity index (χ0n) is 42.9. The summed E-state index contributed by atoms with van der Waals surface area (Å²) in [4.78, 5) is 5.36. The summed E-state index contributed by atoms with van der Waals surface area (Å²) in [6.45, 7) is 38.6. The Morgan fingerprint density at radius 1 is 0.470 bits per heavy atom. The molecule has 0 saturated heterocycles. The standard InChI is InChI=1S/C62H71BN2O/c1-36-29-38(57(3,4)5)21-24-48(36)64-50-35-45-43(60(11,12)26-28-62(45,15)16)33-47(50)63-46-23-22-41-40-19-17-18-20-53(40)66-56(41)55(46)65(52-32-39(58(6,7)8)31-51(64)54(52)63)49-34-44-42(30-37(49)2)59(9,10)25-27-61(44,13)14/h17-24,29-35H,25-28H2,1-16H3. The van der Waals surface area contributed by atoms with Crippen molar-refractivity contribution in [2.45, 2.75) is 169 Å². The van der Waals surface area contributed by atoms with Crippen LogP contribution in [0.2, 0.25) is 0 Å². The minimum Gasteiger partial charge on any atom is -0.454 e. The number of rotatable bonds is 2. The summed E-state index contributed by atoms with van der Waals surface area (Å²) in [5.41, 5.74) is 24.9. The van der Waals surface area contributed by atoms with Crippen LogP contribution in [0.1, 0.15) is 167 Å². The summed E-state index contributed by atoms with van der Waals surface area (Å²) in [5.74, 6) is 0. The maximum atomic E-state index is 7.21. The number of hydrogen-bond donors (Lipinski definition) is 0. The Labute approximate surface area is 396 Å². The van der Waals surface area contributed by atoms with E-state index in [0.717, 1.165) is 23.0 Å². The van der Waals surface area contributed by atoms with Crippen LogP contribution in [-0.2, 0) is 32.5 Å². The zero-order chi connectivity index (χ0) is 47.0. The van der Waals surface area contributed by atoms with Gasteiger partial charge in [0.1, 0.15) is 5.58 Å². The number of benzene rings is 6. The number of anilines is 6. The molecule has 0 radical (unpaired) electrons. The van der Waals surface area contributed by atoms with Gasteiger partial charge in [0, 0.05) is 39.2 Å². The number of fused-ring (bicyclic) bond motifs is 10. The van der Waals surface area contributed by atoms with E-state index in [4.69, 9.17) is 4.42 Å². The van der Waals surface area contributed by atoms with Crippen molar-refractivity contribution in [3.8, 4) is 0 Å². The van der Waals surface area contributed by atoms with Crippen molar-refractivity contribution in [2.24, 2.45) is 0 Å². The third-order valence-electron chi connectivity index (χ3n) is 17.1. The lowest BCUT2D eigenvalue weighted by molar-refractivity contribution is 0.332. The Balaban J connectivity index is 1.32. The molecule has 2 aliphatic carbocycles. The van der Waals surface area contributed by atoms with Crippen molar-refractivity contribution in [1.29, 1.82) is 0 Å². The highest BCUT2D eigenvalue weighted by molar-refractivity contribution is 7.00. The first-order valence-corrected chi connectivity index (χ1v) is 25.0. The lowest BCUT2D eigenvalue weighted by Gasteiger charge is -2.48. The second-order valence-corrected chi connectivity index (χ2v) is 25.7. The van der Waals surface area contributed by atoms with Gasteiger partial charge in [-0.3, -0.25) is 0 Å². The zero-order valence-corrected chi connectivity index (χ0v) is 42.9. The van der Waals surface area contributed by atoms with E-state index >= 15 is 0 Å². The van der Waals surface area contributed by atoms with Crippen LogP contribution in [-0.4, -0.2) is 6.71 Å². The van der Waals surface area contributed by atoms with E-state index in [0.29, 0.717) is 0 Å². The van der Waals surface area contributed by atoms with Crippen LogP contribution in [0.3, 0.4) is 0 Å². The molecule has 338 valence electrons. The van der Waals surface area contributed by atoms with Crippen LogP contribution in [0.5, 0.6) is 0 Å². The Kier molecular flexibility index (Phi) is 9.00. The van der Waals surface area contributed by atoms with Gasteiger partial charge in [0.05, 0.1) is 5.69 Å². The largest absolute Gasteiger partial charge is 0.454 e. The molecule has 0 unspecified atom stereocenters. The second-order valence-electron chi connectivity index (χ2n) is 25.7. The minimum absolute atomic E-state index is 0.0206. The molecule has 0 spiro atoms. The molecule has 0 saturated carbocycles. The summed E-state index contributed by atoms with van der Waals surface area (Å²) >= 11 is 0. The van der Waals surface area contributed by atoms with Crippen LogP contribution >= 0.6 is 0 Å². The highest BCUT2D eigenvalue weighted by atomic mass is 16.3. The average molecular weight is 871 g/mol. The van der Waals surface area contributed by atoms with Crippen molar-refractivity contribution in [3.63, 3.8) is 0 Å². The first-order chi connectivity index (χ1) is 30.8. The number of hydrogen-bond acceptors (Lipinski definition) is 3. The number of nitrogens with zero attached hydrogens (tertiary/aromatic N) is 2. The van der Waals surface area contributed by atoms with Gasteiger partial charge in [-0.05, 0) is 169 Å². The molecular formula is C62H71BN2O. The maximum Gasteiger partial charge on any atom is 0.252 e. The van der Waals surface area contributed by atoms with Gasteiger partial charge >= 0.3 is 0 Å². The van der Waals surface area contributed by atoms with Crippen molar-refractivity contribution < 1.29 is 4.42 Å². The average Bonchev–Trinajstić information content (AvgIpc) is 3.62. The summed E-state index contributed by atoms with van der Waals surface area (Å²) in [6.07, 6.45) is 4.68. The van der Waals surface area contributed by atoms with Crippen molar-refractivity contribution in [1.82, 2.24) is 0 Å². The molecule has 11 rings (SSSR count). The number of para-hydroxylation sites is 1. The fourth-order valence-corrected chi connectivity index (χ4v) is 12.6. The highest BCUT2D eigenvalue weighted by Gasteiger charge is 2.49. The van der Waals surface area contributed by atoms with Crippen molar-refractivity contribution in [2.75, 3.05) is 9.80 Å². The van der Waals surface area contributed by atoms with Gasteiger partial charge in [0.25, 0.3) is 6.71 Å². The summed E-state index contributed by atoms with van der Waals surface area (Å²) < 4.78 is 7.21. The van der Waals surface area contributed by atoms with Gasteiger partial charge in [-0.1, -0.05) is 152 Å². The monoisotopic (exact) mass is 871 g/mol. The topological polar surface area (TPSA) is 19.6 Å². The fourth-order valence-electron chi connectivity index (χ4n) is 12.6. The van der Waals surface area contributed by atoms with E-state index < -0.39 is 0 Å². The van der Waals surface area contributed by atoms with Gasteiger partial charge < -0.3 is 14.2 Å². The molecule has 4 heteroatoms. The first kappa shape index (κ1) is 43.4. The van der Waals surface area contributed by atoms with Crippen LogP contribution in [0.4, 0.5) is 34.1 Å². The van der Waals surface area contributed by atoms with E-state index in [1.165, 1.54) is 120 Å². The van der Waals surface area contributed by atoms with E-state index in [9.17, 15) is 0 Å². The molecule has 3 nitrogen and oxygen atoms in total. The fraction of sp³-hybridized carbons (Fsp3) is 0.419. The molecule has 0 fully saturated rings. The SMILES string of the molecule is Cc1cc(C(C)(C)C)ccc1N1c2cc3c(cc2B2c4ccc5c(oc6ccccc65)c4N(c4cc5c(cc4C)C(C)(C)CCC5(C)C)c4cc(C(C)(C)C)cc1c42)C(C)(C)CCC3(C)C. The molecule has 3 heterocycles. The predicted octanol–water partition coefficient (Wildman–Crippen LogP) is 15.6. The Morgan fingerprint density at radius 3 is 1.59 bits per heavy atom. The summed E-state index contributed by atoms with van der Waals surface area (Å²) in [6, 6.07) is 36.3. The van der Waals surface area contributed by atoms with Crippen LogP contribution in [0.15, 0.2) is 95.4 Å². The van der Waals surface area contributed by atoms with Gasteiger partial charge in [-0.2, -0.15) is 0 Å². The second kappa shape index (κ2) is 13.7. The van der Waals surface area contributed by atoms with Gasteiger partial charge in [-0.15, -0.1) is 0 Å². The molecule has 6 aromatic carbocycles. The number of aryl methyl sites for hydroxylation is 2.